The molecule has 7 heteroatoms. The molecule has 1 aromatic heterocycles. The lowest BCUT2D eigenvalue weighted by molar-refractivity contribution is 0.178. The molecule has 1 saturated heterocycles. The molecule has 4 rings (SSSR count). The Labute approximate surface area is 185 Å². The fraction of sp³-hybridized carbons (Fsp3) is 0.583. The topological polar surface area (TPSA) is 73.0 Å². The van der Waals surface area contributed by atoms with E-state index in [1.54, 1.807) is 0 Å². The van der Waals surface area contributed by atoms with Gasteiger partial charge in [-0.05, 0) is 57.5 Å². The van der Waals surface area contributed by atoms with Gasteiger partial charge in [-0.2, -0.15) is 15.4 Å². The fourth-order valence-corrected chi connectivity index (χ4v) is 4.68. The van der Waals surface area contributed by atoms with Crippen LogP contribution in [0.1, 0.15) is 46.0 Å². The standard InChI is InChI=1S/C24H36N5O2/c1-3-14-29(25)23(18-30-4-2)27-22-17-26-21-10-9-19(16-20(21)24(22)29)31-15-13-28-11-7-5-6-8-12-28/h9-10,16-17H,3-8,11-15,18,25H2,1-2H3/q+1. The van der Waals surface area contributed by atoms with Crippen molar-refractivity contribution in [3.05, 3.63) is 24.4 Å². The summed E-state index contributed by atoms with van der Waals surface area (Å²) in [6.07, 6.45) is 8.06. The van der Waals surface area contributed by atoms with Crippen LogP contribution >= 0.6 is 0 Å². The molecule has 0 aliphatic carbocycles. The van der Waals surface area contributed by atoms with Crippen molar-refractivity contribution in [2.45, 2.75) is 46.0 Å². The van der Waals surface area contributed by atoms with Crippen LogP contribution in [-0.2, 0) is 4.74 Å². The number of benzene rings is 1. The van der Waals surface area contributed by atoms with E-state index in [0.29, 0.717) is 19.8 Å². The van der Waals surface area contributed by atoms with Crippen LogP contribution in [0, 0.1) is 0 Å². The maximum absolute atomic E-state index is 6.95. The Balaban J connectivity index is 1.56. The van der Waals surface area contributed by atoms with Crippen molar-refractivity contribution >= 4 is 28.1 Å². The van der Waals surface area contributed by atoms with Gasteiger partial charge in [0, 0.05) is 13.2 Å². The van der Waals surface area contributed by atoms with Crippen molar-refractivity contribution in [1.82, 2.24) is 14.5 Å². The van der Waals surface area contributed by atoms with E-state index in [9.17, 15) is 0 Å². The number of rotatable bonds is 9. The summed E-state index contributed by atoms with van der Waals surface area (Å²) in [4.78, 5) is 11.9. The number of nitrogens with zero attached hydrogens (tertiary/aromatic N) is 4. The van der Waals surface area contributed by atoms with Crippen molar-refractivity contribution in [3.8, 4) is 5.75 Å². The van der Waals surface area contributed by atoms with Crippen molar-refractivity contribution in [2.24, 2.45) is 10.8 Å². The third-order valence-corrected chi connectivity index (χ3v) is 6.29. The summed E-state index contributed by atoms with van der Waals surface area (Å²) in [7, 11) is 0. The van der Waals surface area contributed by atoms with E-state index in [4.69, 9.17) is 20.3 Å². The first-order valence-corrected chi connectivity index (χ1v) is 11.8. The second-order valence-electron chi connectivity index (χ2n) is 8.53. The highest BCUT2D eigenvalue weighted by Gasteiger charge is 2.43. The molecule has 2 aliphatic rings. The number of aliphatic imine (C=N–C) groups is 1. The molecule has 2 aromatic rings. The minimum absolute atomic E-state index is 0.183. The smallest absolute Gasteiger partial charge is 0.254 e. The maximum atomic E-state index is 6.95. The fourth-order valence-electron chi connectivity index (χ4n) is 4.68. The number of quaternary nitrogens is 1. The van der Waals surface area contributed by atoms with Crippen LogP contribution in [0.4, 0.5) is 11.4 Å². The van der Waals surface area contributed by atoms with E-state index >= 15 is 0 Å². The number of amidine groups is 1. The first-order chi connectivity index (χ1) is 15.2. The second-order valence-corrected chi connectivity index (χ2v) is 8.53. The second kappa shape index (κ2) is 10.0. The Bertz CT molecular complexity index is 924. The molecule has 3 heterocycles. The minimum atomic E-state index is 0.183. The molecule has 0 saturated carbocycles. The largest absolute Gasteiger partial charge is 0.492 e. The Morgan fingerprint density at radius 3 is 2.68 bits per heavy atom. The highest BCUT2D eigenvalue weighted by Crippen LogP contribution is 2.44. The number of likely N-dealkylation sites (tertiary alicyclic amines) is 1. The third-order valence-electron chi connectivity index (χ3n) is 6.29. The van der Waals surface area contributed by atoms with Crippen molar-refractivity contribution in [3.63, 3.8) is 0 Å². The number of aromatic nitrogens is 1. The highest BCUT2D eigenvalue weighted by atomic mass is 16.5. The number of pyridine rings is 1. The zero-order valence-electron chi connectivity index (χ0n) is 19.0. The molecule has 0 bridgehead atoms. The Hall–Kier alpha value is -2.06. The minimum Gasteiger partial charge on any atom is -0.492 e. The number of hydrogen-bond donors (Lipinski definition) is 1. The van der Waals surface area contributed by atoms with Gasteiger partial charge in [-0.1, -0.05) is 19.8 Å². The van der Waals surface area contributed by atoms with Crippen LogP contribution in [0.15, 0.2) is 29.4 Å². The van der Waals surface area contributed by atoms with Crippen molar-refractivity contribution in [1.29, 1.82) is 0 Å². The van der Waals surface area contributed by atoms with Gasteiger partial charge in [0.15, 0.2) is 11.4 Å². The summed E-state index contributed by atoms with van der Waals surface area (Å²) in [5.41, 5.74) is 2.75. The highest BCUT2D eigenvalue weighted by molar-refractivity contribution is 6.10. The summed E-state index contributed by atoms with van der Waals surface area (Å²) < 4.78 is 12.0. The number of ether oxygens (including phenoxy) is 2. The molecular formula is C24H36N5O2+. The molecule has 1 aromatic carbocycles. The average Bonchev–Trinajstić information content (AvgIpc) is 2.91. The van der Waals surface area contributed by atoms with Gasteiger partial charge >= 0.3 is 0 Å². The Kier molecular flexibility index (Phi) is 7.17. The lowest BCUT2D eigenvalue weighted by atomic mass is 10.1. The van der Waals surface area contributed by atoms with Gasteiger partial charge in [0.1, 0.15) is 25.5 Å². The van der Waals surface area contributed by atoms with Gasteiger partial charge in [-0.25, -0.2) is 0 Å². The summed E-state index contributed by atoms with van der Waals surface area (Å²) in [6.45, 7) is 9.98. The molecule has 2 aliphatic heterocycles. The molecule has 0 spiro atoms. The Morgan fingerprint density at radius 1 is 1.13 bits per heavy atom. The van der Waals surface area contributed by atoms with E-state index in [1.165, 1.54) is 38.8 Å². The monoisotopic (exact) mass is 426 g/mol. The summed E-state index contributed by atoms with van der Waals surface area (Å²) in [5, 5.41) is 1.01. The van der Waals surface area contributed by atoms with Crippen LogP contribution in [0.2, 0.25) is 0 Å². The van der Waals surface area contributed by atoms with E-state index in [0.717, 1.165) is 53.4 Å². The van der Waals surface area contributed by atoms with Crippen LogP contribution < -0.4 is 15.2 Å². The first-order valence-electron chi connectivity index (χ1n) is 11.8. The number of fused-ring (bicyclic) bond motifs is 3. The maximum Gasteiger partial charge on any atom is 0.254 e. The van der Waals surface area contributed by atoms with E-state index in [2.05, 4.69) is 22.9 Å². The van der Waals surface area contributed by atoms with Crippen molar-refractivity contribution in [2.75, 3.05) is 46.0 Å². The normalized spacial score (nSPS) is 21.7. The molecule has 0 amide bonds. The van der Waals surface area contributed by atoms with Gasteiger partial charge in [-0.15, -0.1) is 0 Å². The predicted molar refractivity (Wildman–Crippen MR) is 127 cm³/mol. The molecule has 1 fully saturated rings. The van der Waals surface area contributed by atoms with Crippen LogP contribution in [0.3, 0.4) is 0 Å². The SMILES string of the molecule is CCC[N+]1(N)C(COCC)=Nc2cnc3ccc(OCCN4CCCCCC4)cc3c21. The lowest BCUT2D eigenvalue weighted by Gasteiger charge is -2.29. The lowest BCUT2D eigenvalue weighted by Crippen LogP contribution is -2.60. The molecule has 2 N–H and O–H groups in total. The molecule has 1 unspecified atom stereocenters. The van der Waals surface area contributed by atoms with Crippen LogP contribution in [0.25, 0.3) is 10.9 Å². The predicted octanol–water partition coefficient (Wildman–Crippen LogP) is 4.16. The van der Waals surface area contributed by atoms with Crippen molar-refractivity contribution < 1.29 is 9.47 Å². The number of nitrogens with two attached hydrogens (primary N) is 1. The molecule has 0 radical (unpaired) electrons. The molecule has 168 valence electrons. The van der Waals surface area contributed by atoms with E-state index in [-0.39, 0.29) is 4.59 Å². The van der Waals surface area contributed by atoms with Gasteiger partial charge in [0.2, 0.25) is 0 Å². The zero-order chi connectivity index (χ0) is 21.7. The van der Waals surface area contributed by atoms with E-state index < -0.39 is 0 Å². The van der Waals surface area contributed by atoms with Crippen LogP contribution in [-0.4, -0.2) is 61.7 Å². The average molecular weight is 427 g/mol. The summed E-state index contributed by atoms with van der Waals surface area (Å²) >= 11 is 0. The first kappa shape index (κ1) is 22.1. The Morgan fingerprint density at radius 2 is 1.94 bits per heavy atom. The van der Waals surface area contributed by atoms with E-state index in [1.807, 2.05) is 25.3 Å². The number of hydrogen-bond acceptors (Lipinski definition) is 6. The summed E-state index contributed by atoms with van der Waals surface area (Å²) in [5.74, 6) is 8.64. The van der Waals surface area contributed by atoms with Gasteiger partial charge in [0.05, 0.1) is 17.1 Å². The van der Waals surface area contributed by atoms with Gasteiger partial charge < -0.3 is 9.47 Å². The molecular weight excluding hydrogens is 390 g/mol. The van der Waals surface area contributed by atoms with Gasteiger partial charge in [-0.3, -0.25) is 9.88 Å². The summed E-state index contributed by atoms with van der Waals surface area (Å²) in [6, 6.07) is 6.11. The van der Waals surface area contributed by atoms with Gasteiger partial charge in [0.25, 0.3) is 5.84 Å². The molecule has 1 atom stereocenters. The third kappa shape index (κ3) is 4.75. The molecule has 7 nitrogen and oxygen atoms in total. The quantitative estimate of drug-likeness (QED) is 0.481. The zero-order valence-corrected chi connectivity index (χ0v) is 19.0. The molecule has 31 heavy (non-hydrogen) atoms. The van der Waals surface area contributed by atoms with Crippen LogP contribution in [0.5, 0.6) is 5.75 Å².